The Morgan fingerprint density at radius 2 is 2.04 bits per heavy atom. The van der Waals surface area contributed by atoms with Crippen LogP contribution in [0.25, 0.3) is 22.2 Å². The molecule has 2 N–H and O–H groups in total. The lowest BCUT2D eigenvalue weighted by Gasteiger charge is -2.08. The number of para-hydroxylation sites is 1. The molecular formula is C18H18N6OS. The molecule has 132 valence electrons. The highest BCUT2D eigenvalue weighted by Gasteiger charge is 2.07. The molecule has 0 spiro atoms. The number of hydrogen-bond acceptors (Lipinski definition) is 6. The van der Waals surface area contributed by atoms with E-state index in [9.17, 15) is 0 Å². The largest absolute Gasteiger partial charge is 0.394 e. The van der Waals surface area contributed by atoms with Gasteiger partial charge in [0, 0.05) is 35.3 Å². The van der Waals surface area contributed by atoms with Crippen molar-refractivity contribution in [2.45, 2.75) is 11.4 Å². The van der Waals surface area contributed by atoms with Crippen molar-refractivity contribution < 1.29 is 5.11 Å². The van der Waals surface area contributed by atoms with Crippen LogP contribution in [0.4, 0.5) is 5.69 Å². The zero-order valence-corrected chi connectivity index (χ0v) is 15.0. The fourth-order valence-electron chi connectivity index (χ4n) is 2.76. The first-order valence-corrected chi connectivity index (χ1v) is 8.99. The topological polar surface area (TPSA) is 80.8 Å². The van der Waals surface area contributed by atoms with Crippen LogP contribution in [0, 0.1) is 0 Å². The fourth-order valence-corrected chi connectivity index (χ4v) is 3.40. The van der Waals surface area contributed by atoms with Gasteiger partial charge in [0.15, 0.2) is 0 Å². The Morgan fingerprint density at radius 3 is 2.85 bits per heavy atom. The molecule has 0 bridgehead atoms. The van der Waals surface area contributed by atoms with E-state index in [1.807, 2.05) is 60.7 Å². The van der Waals surface area contributed by atoms with Gasteiger partial charge in [0.25, 0.3) is 0 Å². The zero-order chi connectivity index (χ0) is 17.9. The summed E-state index contributed by atoms with van der Waals surface area (Å²) < 4.78 is 6.95. The molecule has 0 aliphatic heterocycles. The van der Waals surface area contributed by atoms with E-state index in [4.69, 9.17) is 5.11 Å². The van der Waals surface area contributed by atoms with Crippen LogP contribution in [-0.2, 0) is 13.6 Å². The summed E-state index contributed by atoms with van der Waals surface area (Å²) in [5.41, 5.74) is 3.87. The Labute approximate surface area is 154 Å². The third-order valence-corrected chi connectivity index (χ3v) is 4.83. The summed E-state index contributed by atoms with van der Waals surface area (Å²) in [6.45, 7) is 0.552. The summed E-state index contributed by atoms with van der Waals surface area (Å²) in [4.78, 5) is 5.52. The summed E-state index contributed by atoms with van der Waals surface area (Å²) in [6, 6.07) is 10.1. The highest BCUT2D eigenvalue weighted by molar-refractivity contribution is 8.00. The van der Waals surface area contributed by atoms with Crippen molar-refractivity contribution in [1.29, 1.82) is 0 Å². The van der Waals surface area contributed by atoms with E-state index in [-0.39, 0.29) is 6.61 Å². The lowest BCUT2D eigenvalue weighted by atomic mass is 10.2. The van der Waals surface area contributed by atoms with Gasteiger partial charge in [-0.15, -0.1) is 0 Å². The van der Waals surface area contributed by atoms with E-state index < -0.39 is 0 Å². The van der Waals surface area contributed by atoms with Gasteiger partial charge >= 0.3 is 0 Å². The van der Waals surface area contributed by atoms with Crippen molar-refractivity contribution in [3.05, 3.63) is 55.1 Å². The minimum absolute atomic E-state index is 0.0687. The third-order valence-electron chi connectivity index (χ3n) is 4.03. The minimum Gasteiger partial charge on any atom is -0.394 e. The van der Waals surface area contributed by atoms with Crippen LogP contribution in [0.1, 0.15) is 0 Å². The number of aryl methyl sites for hydroxylation is 1. The van der Waals surface area contributed by atoms with Crippen molar-refractivity contribution in [3.63, 3.8) is 0 Å². The molecule has 8 heteroatoms. The maximum absolute atomic E-state index is 8.97. The highest BCUT2D eigenvalue weighted by Crippen LogP contribution is 2.28. The Bertz CT molecular complexity index is 1020. The second kappa shape index (κ2) is 7.19. The molecule has 0 unspecified atom stereocenters. The lowest BCUT2D eigenvalue weighted by molar-refractivity contribution is 0.269. The minimum atomic E-state index is 0.0687. The molecular weight excluding hydrogens is 348 g/mol. The van der Waals surface area contributed by atoms with E-state index in [1.165, 1.54) is 11.9 Å². The van der Waals surface area contributed by atoms with E-state index in [0.29, 0.717) is 6.54 Å². The van der Waals surface area contributed by atoms with Gasteiger partial charge in [0.1, 0.15) is 0 Å². The van der Waals surface area contributed by atoms with Crippen molar-refractivity contribution in [1.82, 2.24) is 24.5 Å². The molecule has 26 heavy (non-hydrogen) atoms. The van der Waals surface area contributed by atoms with Gasteiger partial charge in [-0.05, 0) is 30.1 Å². The summed E-state index contributed by atoms with van der Waals surface area (Å²) >= 11 is 1.51. The number of nitrogens with one attached hydrogen (secondary N) is 1. The standard InChI is InChI=1S/C18H18N6OS/c1-23-18-13(9-20-23)3-2-4-17(18)22-26-15-5-6-16(19-11-15)14-10-21-24(12-14)7-8-25/h2-6,9-12,22,25H,7-8H2,1H3. The van der Waals surface area contributed by atoms with Crippen LogP contribution in [0.15, 0.2) is 60.0 Å². The second-order valence-corrected chi connectivity index (χ2v) is 6.69. The first-order chi connectivity index (χ1) is 12.7. The van der Waals surface area contributed by atoms with Crippen molar-refractivity contribution >= 4 is 28.5 Å². The average Bonchev–Trinajstić information content (AvgIpc) is 3.28. The van der Waals surface area contributed by atoms with Crippen molar-refractivity contribution in [3.8, 4) is 11.3 Å². The van der Waals surface area contributed by atoms with Gasteiger partial charge < -0.3 is 9.83 Å². The van der Waals surface area contributed by atoms with E-state index >= 15 is 0 Å². The van der Waals surface area contributed by atoms with E-state index in [0.717, 1.165) is 32.7 Å². The number of rotatable bonds is 6. The number of anilines is 1. The predicted octanol–water partition coefficient (Wildman–Crippen LogP) is 2.94. The van der Waals surface area contributed by atoms with Crippen LogP contribution in [0.5, 0.6) is 0 Å². The molecule has 0 amide bonds. The van der Waals surface area contributed by atoms with E-state index in [1.54, 1.807) is 10.9 Å². The monoisotopic (exact) mass is 366 g/mol. The zero-order valence-electron chi connectivity index (χ0n) is 14.2. The first-order valence-electron chi connectivity index (χ1n) is 8.18. The molecule has 1 aromatic carbocycles. The number of aliphatic hydroxyl groups excluding tert-OH is 1. The van der Waals surface area contributed by atoms with Gasteiger partial charge in [0.05, 0.1) is 42.4 Å². The molecule has 3 heterocycles. The molecule has 0 saturated carbocycles. The number of aromatic nitrogens is 5. The van der Waals surface area contributed by atoms with Gasteiger partial charge in [-0.2, -0.15) is 10.2 Å². The fraction of sp³-hybridized carbons (Fsp3) is 0.167. The quantitative estimate of drug-likeness (QED) is 0.511. The molecule has 4 rings (SSSR count). The molecule has 0 atom stereocenters. The van der Waals surface area contributed by atoms with Gasteiger partial charge in [0.2, 0.25) is 0 Å². The first kappa shape index (κ1) is 16.6. The van der Waals surface area contributed by atoms with Gasteiger partial charge in [-0.25, -0.2) is 0 Å². The highest BCUT2D eigenvalue weighted by atomic mass is 32.2. The maximum Gasteiger partial charge on any atom is 0.0918 e. The number of fused-ring (bicyclic) bond motifs is 1. The summed E-state index contributed by atoms with van der Waals surface area (Å²) in [5, 5.41) is 18.6. The van der Waals surface area contributed by atoms with Crippen LogP contribution in [0.3, 0.4) is 0 Å². The Balaban J connectivity index is 1.48. The average molecular weight is 366 g/mol. The molecule has 7 nitrogen and oxygen atoms in total. The summed E-state index contributed by atoms with van der Waals surface area (Å²) in [6.07, 6.45) is 7.33. The lowest BCUT2D eigenvalue weighted by Crippen LogP contribution is -2.01. The van der Waals surface area contributed by atoms with Gasteiger partial charge in [-0.3, -0.25) is 14.3 Å². The normalized spacial score (nSPS) is 11.2. The molecule has 0 aliphatic rings. The van der Waals surface area contributed by atoms with Crippen LogP contribution >= 0.6 is 11.9 Å². The maximum atomic E-state index is 8.97. The smallest absolute Gasteiger partial charge is 0.0918 e. The number of hydrogen-bond donors (Lipinski definition) is 2. The molecule has 4 aromatic rings. The van der Waals surface area contributed by atoms with E-state index in [2.05, 4.69) is 19.9 Å². The molecule has 3 aromatic heterocycles. The number of pyridine rings is 1. The Kier molecular flexibility index (Phi) is 4.59. The Hall–Kier alpha value is -2.84. The van der Waals surface area contributed by atoms with Crippen molar-refractivity contribution in [2.24, 2.45) is 7.05 Å². The Morgan fingerprint density at radius 1 is 1.12 bits per heavy atom. The number of nitrogens with zero attached hydrogens (tertiary/aromatic N) is 5. The van der Waals surface area contributed by atoms with Crippen LogP contribution in [0.2, 0.25) is 0 Å². The molecule has 0 fully saturated rings. The summed E-state index contributed by atoms with van der Waals surface area (Å²) in [5.74, 6) is 0. The van der Waals surface area contributed by atoms with Crippen LogP contribution < -0.4 is 4.72 Å². The number of aliphatic hydroxyl groups is 1. The number of benzene rings is 1. The second-order valence-electron chi connectivity index (χ2n) is 5.81. The SMILES string of the molecule is Cn1ncc2cccc(NSc3ccc(-c4cnn(CCO)c4)nc3)c21. The van der Waals surface area contributed by atoms with Crippen molar-refractivity contribution in [2.75, 3.05) is 11.3 Å². The third kappa shape index (κ3) is 3.29. The predicted molar refractivity (Wildman–Crippen MR) is 103 cm³/mol. The van der Waals surface area contributed by atoms with Gasteiger partial charge in [-0.1, -0.05) is 12.1 Å². The van der Waals surface area contributed by atoms with Crippen LogP contribution in [-0.4, -0.2) is 36.3 Å². The molecule has 0 saturated heterocycles. The molecule has 0 radical (unpaired) electrons. The molecule has 0 aliphatic carbocycles. The summed E-state index contributed by atoms with van der Waals surface area (Å²) in [7, 11) is 1.94.